The van der Waals surface area contributed by atoms with Gasteiger partial charge in [-0.3, -0.25) is 4.99 Å². The van der Waals surface area contributed by atoms with Gasteiger partial charge in [0.1, 0.15) is 0 Å². The number of nitrogens with zero attached hydrogens (tertiary/aromatic N) is 2. The van der Waals surface area contributed by atoms with E-state index in [0.717, 1.165) is 57.4 Å². The maximum atomic E-state index is 5.95. The van der Waals surface area contributed by atoms with Crippen LogP contribution in [-0.4, -0.2) is 50.3 Å². The van der Waals surface area contributed by atoms with Crippen molar-refractivity contribution in [3.63, 3.8) is 0 Å². The third-order valence-electron chi connectivity index (χ3n) is 3.77. The normalized spacial score (nSPS) is 20.2. The number of piperidine rings is 1. The molecule has 20 heavy (non-hydrogen) atoms. The third kappa shape index (κ3) is 5.88. The summed E-state index contributed by atoms with van der Waals surface area (Å²) in [6.07, 6.45) is 11.4. The van der Waals surface area contributed by atoms with Gasteiger partial charge in [0.25, 0.3) is 0 Å². The van der Waals surface area contributed by atoms with E-state index in [0.29, 0.717) is 6.10 Å². The summed E-state index contributed by atoms with van der Waals surface area (Å²) in [5.74, 6) is 4.46. The summed E-state index contributed by atoms with van der Waals surface area (Å²) in [6, 6.07) is 0. The highest BCUT2D eigenvalue weighted by atomic mass is 127. The van der Waals surface area contributed by atoms with Crippen LogP contribution in [0.25, 0.3) is 0 Å². The van der Waals surface area contributed by atoms with Crippen molar-refractivity contribution in [3.8, 4) is 12.3 Å². The van der Waals surface area contributed by atoms with Crippen LogP contribution in [-0.2, 0) is 4.74 Å². The van der Waals surface area contributed by atoms with Gasteiger partial charge in [-0.15, -0.1) is 36.3 Å². The summed E-state index contributed by atoms with van der Waals surface area (Å²) in [5, 5.41) is 3.31. The average molecular weight is 391 g/mol. The second kappa shape index (κ2) is 9.46. The van der Waals surface area contributed by atoms with E-state index in [2.05, 4.69) is 21.1 Å². The second-order valence-electron chi connectivity index (χ2n) is 5.39. The van der Waals surface area contributed by atoms with Crippen LogP contribution >= 0.6 is 24.0 Å². The van der Waals surface area contributed by atoms with E-state index in [9.17, 15) is 0 Å². The monoisotopic (exact) mass is 391 g/mol. The van der Waals surface area contributed by atoms with Gasteiger partial charge < -0.3 is 15.0 Å². The molecule has 2 rings (SSSR count). The van der Waals surface area contributed by atoms with E-state index in [1.165, 1.54) is 12.8 Å². The van der Waals surface area contributed by atoms with Crippen LogP contribution in [0.5, 0.6) is 0 Å². The van der Waals surface area contributed by atoms with Crippen LogP contribution < -0.4 is 5.32 Å². The molecule has 4 nitrogen and oxygen atoms in total. The SMILES string of the molecule is C#CCCNC(=NC)N1CCC(OCC2CC2)CC1.I. The number of rotatable bonds is 5. The van der Waals surface area contributed by atoms with Gasteiger partial charge in [-0.25, -0.2) is 0 Å². The molecule has 1 N–H and O–H groups in total. The molecule has 1 saturated carbocycles. The topological polar surface area (TPSA) is 36.9 Å². The lowest BCUT2D eigenvalue weighted by atomic mass is 10.1. The van der Waals surface area contributed by atoms with Gasteiger partial charge in [0.05, 0.1) is 6.10 Å². The summed E-state index contributed by atoms with van der Waals surface area (Å²) in [5.41, 5.74) is 0. The molecule has 0 aromatic rings. The first-order chi connectivity index (χ1) is 9.33. The summed E-state index contributed by atoms with van der Waals surface area (Å²) in [6.45, 7) is 3.80. The second-order valence-corrected chi connectivity index (χ2v) is 5.39. The number of guanidine groups is 1. The van der Waals surface area contributed by atoms with Crippen molar-refractivity contribution >= 4 is 29.9 Å². The fraction of sp³-hybridized carbons (Fsp3) is 0.800. The Kier molecular flexibility index (Phi) is 8.31. The highest BCUT2D eigenvalue weighted by molar-refractivity contribution is 14.0. The van der Waals surface area contributed by atoms with Gasteiger partial charge in [-0.1, -0.05) is 0 Å². The van der Waals surface area contributed by atoms with Crippen molar-refractivity contribution in [3.05, 3.63) is 0 Å². The Balaban J connectivity index is 0.00000200. The largest absolute Gasteiger partial charge is 0.378 e. The van der Waals surface area contributed by atoms with Crippen LogP contribution in [0.3, 0.4) is 0 Å². The molecule has 0 radical (unpaired) electrons. The van der Waals surface area contributed by atoms with Gasteiger partial charge in [0.15, 0.2) is 5.96 Å². The molecule has 1 aliphatic carbocycles. The Labute approximate surface area is 139 Å². The first kappa shape index (κ1) is 17.6. The maximum Gasteiger partial charge on any atom is 0.193 e. The van der Waals surface area contributed by atoms with Crippen LogP contribution in [0, 0.1) is 18.3 Å². The van der Waals surface area contributed by atoms with E-state index in [1.807, 2.05) is 7.05 Å². The molecule has 1 heterocycles. The minimum absolute atomic E-state index is 0. The molecule has 5 heteroatoms. The van der Waals surface area contributed by atoms with Gasteiger partial charge in [0.2, 0.25) is 0 Å². The predicted molar refractivity (Wildman–Crippen MR) is 93.5 cm³/mol. The molecule has 1 aliphatic heterocycles. The van der Waals surface area contributed by atoms with Crippen LogP contribution in [0.1, 0.15) is 32.1 Å². The summed E-state index contributed by atoms with van der Waals surface area (Å²) in [4.78, 5) is 6.61. The van der Waals surface area contributed by atoms with Crippen LogP contribution in [0.2, 0.25) is 0 Å². The lowest BCUT2D eigenvalue weighted by molar-refractivity contribution is 0.0131. The smallest absolute Gasteiger partial charge is 0.193 e. The molecule has 0 aromatic heterocycles. The van der Waals surface area contributed by atoms with Gasteiger partial charge >= 0.3 is 0 Å². The Morgan fingerprint density at radius 3 is 2.60 bits per heavy atom. The van der Waals surface area contributed by atoms with E-state index in [4.69, 9.17) is 11.2 Å². The number of terminal acetylenes is 1. The van der Waals surface area contributed by atoms with Crippen molar-refractivity contribution in [1.29, 1.82) is 0 Å². The van der Waals surface area contributed by atoms with Crippen LogP contribution in [0.15, 0.2) is 4.99 Å². The Hall–Kier alpha value is -0.480. The Morgan fingerprint density at radius 1 is 1.35 bits per heavy atom. The zero-order chi connectivity index (χ0) is 13.5. The van der Waals surface area contributed by atoms with Crippen molar-refractivity contribution in [2.45, 2.75) is 38.2 Å². The molecule has 2 fully saturated rings. The molecular weight excluding hydrogens is 365 g/mol. The van der Waals surface area contributed by atoms with Gasteiger partial charge in [-0.2, -0.15) is 0 Å². The molecule has 114 valence electrons. The standard InChI is InChI=1S/C15H25N3O.HI/c1-3-4-9-17-15(16-2)18-10-7-14(8-11-18)19-12-13-5-6-13;/h1,13-14H,4-12H2,2H3,(H,16,17);1H. The highest BCUT2D eigenvalue weighted by Gasteiger charge is 2.26. The van der Waals surface area contributed by atoms with Crippen molar-refractivity contribution in [2.75, 3.05) is 33.3 Å². The van der Waals surface area contributed by atoms with E-state index in [-0.39, 0.29) is 24.0 Å². The van der Waals surface area contributed by atoms with Gasteiger partial charge in [-0.05, 0) is 31.6 Å². The average Bonchev–Trinajstić information content (AvgIpc) is 3.26. The Morgan fingerprint density at radius 2 is 2.05 bits per heavy atom. The molecule has 0 aromatic carbocycles. The molecule has 0 atom stereocenters. The summed E-state index contributed by atoms with van der Waals surface area (Å²) < 4.78 is 5.95. The lowest BCUT2D eigenvalue weighted by Gasteiger charge is -2.34. The molecule has 0 spiro atoms. The molecule has 0 unspecified atom stereocenters. The zero-order valence-corrected chi connectivity index (χ0v) is 14.6. The molecule has 2 aliphatic rings. The predicted octanol–water partition coefficient (Wildman–Crippen LogP) is 2.09. The molecule has 0 bridgehead atoms. The maximum absolute atomic E-state index is 5.95. The lowest BCUT2D eigenvalue weighted by Crippen LogP contribution is -2.47. The number of halogens is 1. The number of aliphatic imine (C=N–C) groups is 1. The third-order valence-corrected chi connectivity index (χ3v) is 3.77. The number of nitrogens with one attached hydrogen (secondary N) is 1. The first-order valence-electron chi connectivity index (χ1n) is 7.34. The summed E-state index contributed by atoms with van der Waals surface area (Å²) in [7, 11) is 1.83. The quantitative estimate of drug-likeness (QED) is 0.256. The van der Waals surface area contributed by atoms with Crippen molar-refractivity contribution in [1.82, 2.24) is 10.2 Å². The number of hydrogen-bond donors (Lipinski definition) is 1. The Bertz CT molecular complexity index is 342. The number of hydrogen-bond acceptors (Lipinski definition) is 2. The zero-order valence-electron chi connectivity index (χ0n) is 12.3. The fourth-order valence-electron chi connectivity index (χ4n) is 2.37. The van der Waals surface area contributed by atoms with Gasteiger partial charge in [0, 0.05) is 39.7 Å². The molecular formula is C15H26IN3O. The first-order valence-corrected chi connectivity index (χ1v) is 7.34. The van der Waals surface area contributed by atoms with Crippen molar-refractivity contribution < 1.29 is 4.74 Å². The molecule has 1 saturated heterocycles. The fourth-order valence-corrected chi connectivity index (χ4v) is 2.37. The van der Waals surface area contributed by atoms with E-state index >= 15 is 0 Å². The minimum Gasteiger partial charge on any atom is -0.378 e. The van der Waals surface area contributed by atoms with Crippen molar-refractivity contribution in [2.24, 2.45) is 10.9 Å². The summed E-state index contributed by atoms with van der Waals surface area (Å²) >= 11 is 0. The minimum atomic E-state index is 0. The number of likely N-dealkylation sites (tertiary alicyclic amines) is 1. The van der Waals surface area contributed by atoms with E-state index in [1.54, 1.807) is 0 Å². The van der Waals surface area contributed by atoms with Crippen LogP contribution in [0.4, 0.5) is 0 Å². The highest BCUT2D eigenvalue weighted by Crippen LogP contribution is 2.30. The number of ether oxygens (including phenoxy) is 1. The van der Waals surface area contributed by atoms with E-state index < -0.39 is 0 Å². The molecule has 0 amide bonds.